The van der Waals surface area contributed by atoms with Crippen LogP contribution < -0.4 is 5.73 Å². The van der Waals surface area contributed by atoms with E-state index in [1.807, 2.05) is 6.92 Å². The van der Waals surface area contributed by atoms with Crippen molar-refractivity contribution in [2.24, 2.45) is 5.73 Å². The molecule has 4 nitrogen and oxygen atoms in total. The van der Waals surface area contributed by atoms with Gasteiger partial charge in [-0.1, -0.05) is 6.92 Å². The van der Waals surface area contributed by atoms with Crippen molar-refractivity contribution in [3.05, 3.63) is 0 Å². The Balaban J connectivity index is 2.70. The number of likely N-dealkylation sites (N-methyl/N-ethyl adjacent to an activating group) is 1. The van der Waals surface area contributed by atoms with E-state index in [1.165, 1.54) is 0 Å². The standard InChI is InChI=1S/C14H30N2O2/c1-5-16(8-10-17-6-2)14(12-15)7-9-18-13(3,4)11-14/h5-12,15H2,1-4H3. The summed E-state index contributed by atoms with van der Waals surface area (Å²) in [4.78, 5) is 2.48. The Kier molecular flexibility index (Phi) is 6.05. The van der Waals surface area contributed by atoms with Gasteiger partial charge in [0.25, 0.3) is 0 Å². The van der Waals surface area contributed by atoms with Crippen LogP contribution in [0.5, 0.6) is 0 Å². The molecule has 1 fully saturated rings. The minimum absolute atomic E-state index is 0.0728. The molecule has 0 spiro atoms. The summed E-state index contributed by atoms with van der Waals surface area (Å²) in [5.41, 5.74) is 6.11. The summed E-state index contributed by atoms with van der Waals surface area (Å²) in [6, 6.07) is 0. The SMILES string of the molecule is CCOCCN(CC)C1(CN)CCOC(C)(C)C1. The average molecular weight is 258 g/mol. The molecule has 0 saturated carbocycles. The van der Waals surface area contributed by atoms with E-state index in [4.69, 9.17) is 15.2 Å². The predicted octanol–water partition coefficient (Wildman–Crippen LogP) is 1.63. The Morgan fingerprint density at radius 2 is 2.06 bits per heavy atom. The maximum absolute atomic E-state index is 6.10. The maximum Gasteiger partial charge on any atom is 0.0644 e. The molecule has 2 N–H and O–H groups in total. The molecule has 1 heterocycles. The van der Waals surface area contributed by atoms with Crippen molar-refractivity contribution in [1.29, 1.82) is 0 Å². The second kappa shape index (κ2) is 6.85. The third-order valence-electron chi connectivity index (χ3n) is 3.96. The largest absolute Gasteiger partial charge is 0.380 e. The Morgan fingerprint density at radius 3 is 2.56 bits per heavy atom. The highest BCUT2D eigenvalue weighted by atomic mass is 16.5. The van der Waals surface area contributed by atoms with Gasteiger partial charge in [-0.25, -0.2) is 0 Å². The molecule has 4 heteroatoms. The minimum Gasteiger partial charge on any atom is -0.380 e. The lowest BCUT2D eigenvalue weighted by Gasteiger charge is -2.50. The summed E-state index contributed by atoms with van der Waals surface area (Å²) >= 11 is 0. The van der Waals surface area contributed by atoms with E-state index in [2.05, 4.69) is 25.7 Å². The number of nitrogens with zero attached hydrogens (tertiary/aromatic N) is 1. The predicted molar refractivity (Wildman–Crippen MR) is 74.8 cm³/mol. The Morgan fingerprint density at radius 1 is 1.33 bits per heavy atom. The van der Waals surface area contributed by atoms with Crippen molar-refractivity contribution in [3.8, 4) is 0 Å². The van der Waals surface area contributed by atoms with E-state index in [9.17, 15) is 0 Å². The summed E-state index contributed by atoms with van der Waals surface area (Å²) in [6.45, 7) is 13.6. The highest BCUT2D eigenvalue weighted by Crippen LogP contribution is 2.35. The van der Waals surface area contributed by atoms with Crippen molar-refractivity contribution < 1.29 is 9.47 Å². The van der Waals surface area contributed by atoms with Crippen LogP contribution in [-0.4, -0.2) is 55.5 Å². The van der Waals surface area contributed by atoms with Gasteiger partial charge in [-0.05, 0) is 40.2 Å². The van der Waals surface area contributed by atoms with Crippen LogP contribution in [0.15, 0.2) is 0 Å². The molecule has 1 unspecified atom stereocenters. The lowest BCUT2D eigenvalue weighted by molar-refractivity contribution is -0.119. The van der Waals surface area contributed by atoms with Crippen molar-refractivity contribution in [2.75, 3.05) is 39.5 Å². The van der Waals surface area contributed by atoms with Crippen molar-refractivity contribution in [3.63, 3.8) is 0 Å². The Bertz CT molecular complexity index is 246. The number of nitrogens with two attached hydrogens (primary N) is 1. The molecule has 1 rings (SSSR count). The zero-order valence-corrected chi connectivity index (χ0v) is 12.5. The molecule has 0 aliphatic carbocycles. The normalized spacial score (nSPS) is 27.7. The monoisotopic (exact) mass is 258 g/mol. The lowest BCUT2D eigenvalue weighted by Crippen LogP contribution is -2.61. The van der Waals surface area contributed by atoms with Crippen LogP contribution in [0, 0.1) is 0 Å². The molecule has 1 aliphatic rings. The van der Waals surface area contributed by atoms with Crippen molar-refractivity contribution in [2.45, 2.75) is 51.7 Å². The van der Waals surface area contributed by atoms with E-state index in [-0.39, 0.29) is 11.1 Å². The zero-order chi connectivity index (χ0) is 13.6. The molecule has 18 heavy (non-hydrogen) atoms. The van der Waals surface area contributed by atoms with Crippen LogP contribution in [0.4, 0.5) is 0 Å². The first kappa shape index (κ1) is 15.9. The molecule has 0 aromatic heterocycles. The summed E-state index contributed by atoms with van der Waals surface area (Å²) < 4.78 is 11.3. The summed E-state index contributed by atoms with van der Waals surface area (Å²) in [6.07, 6.45) is 2.02. The topological polar surface area (TPSA) is 47.7 Å². The van der Waals surface area contributed by atoms with Gasteiger partial charge in [-0.15, -0.1) is 0 Å². The quantitative estimate of drug-likeness (QED) is 0.705. The molecule has 0 aromatic rings. The molecule has 0 bridgehead atoms. The number of rotatable bonds is 7. The summed E-state index contributed by atoms with van der Waals surface area (Å²) in [7, 11) is 0. The van der Waals surface area contributed by atoms with E-state index >= 15 is 0 Å². The highest BCUT2D eigenvalue weighted by molar-refractivity contribution is 4.99. The molecule has 1 atom stereocenters. The minimum atomic E-state index is -0.0728. The fourth-order valence-electron chi connectivity index (χ4n) is 3.07. The van der Waals surface area contributed by atoms with E-state index in [1.54, 1.807) is 0 Å². The number of ether oxygens (including phenoxy) is 2. The summed E-state index contributed by atoms with van der Waals surface area (Å²) in [5.74, 6) is 0. The molecular formula is C14H30N2O2. The van der Waals surface area contributed by atoms with Gasteiger partial charge in [0.1, 0.15) is 0 Å². The maximum atomic E-state index is 6.10. The second-order valence-corrected chi connectivity index (χ2v) is 5.74. The lowest BCUT2D eigenvalue weighted by atomic mass is 9.79. The second-order valence-electron chi connectivity index (χ2n) is 5.74. The van der Waals surface area contributed by atoms with Gasteiger partial charge < -0.3 is 15.2 Å². The van der Waals surface area contributed by atoms with E-state index < -0.39 is 0 Å². The molecule has 0 amide bonds. The highest BCUT2D eigenvalue weighted by Gasteiger charge is 2.43. The van der Waals surface area contributed by atoms with Gasteiger partial charge in [-0.2, -0.15) is 0 Å². The number of hydrogen-bond donors (Lipinski definition) is 1. The third kappa shape index (κ3) is 3.92. The number of hydrogen-bond acceptors (Lipinski definition) is 4. The molecule has 108 valence electrons. The average Bonchev–Trinajstić information content (AvgIpc) is 2.33. The van der Waals surface area contributed by atoms with Crippen LogP contribution in [0.25, 0.3) is 0 Å². The van der Waals surface area contributed by atoms with Crippen LogP contribution >= 0.6 is 0 Å². The van der Waals surface area contributed by atoms with Gasteiger partial charge in [0.2, 0.25) is 0 Å². The molecular weight excluding hydrogens is 228 g/mol. The smallest absolute Gasteiger partial charge is 0.0644 e. The molecule has 0 aromatic carbocycles. The first-order chi connectivity index (χ1) is 8.49. The van der Waals surface area contributed by atoms with Crippen LogP contribution in [-0.2, 0) is 9.47 Å². The van der Waals surface area contributed by atoms with Crippen LogP contribution in [0.2, 0.25) is 0 Å². The van der Waals surface area contributed by atoms with E-state index in [0.29, 0.717) is 6.54 Å². The summed E-state index contributed by atoms with van der Waals surface area (Å²) in [5, 5.41) is 0. The van der Waals surface area contributed by atoms with E-state index in [0.717, 1.165) is 45.8 Å². The first-order valence-corrected chi connectivity index (χ1v) is 7.16. The van der Waals surface area contributed by atoms with Crippen molar-refractivity contribution in [1.82, 2.24) is 4.90 Å². The van der Waals surface area contributed by atoms with Gasteiger partial charge >= 0.3 is 0 Å². The third-order valence-corrected chi connectivity index (χ3v) is 3.96. The van der Waals surface area contributed by atoms with Crippen molar-refractivity contribution >= 4 is 0 Å². The Hall–Kier alpha value is -0.160. The molecule has 1 aliphatic heterocycles. The zero-order valence-electron chi connectivity index (χ0n) is 12.5. The fourth-order valence-corrected chi connectivity index (χ4v) is 3.07. The molecule has 1 saturated heterocycles. The fraction of sp³-hybridized carbons (Fsp3) is 1.00. The first-order valence-electron chi connectivity index (χ1n) is 7.16. The molecule has 0 radical (unpaired) electrons. The van der Waals surface area contributed by atoms with Gasteiger partial charge in [0, 0.05) is 31.8 Å². The van der Waals surface area contributed by atoms with Gasteiger partial charge in [0.15, 0.2) is 0 Å². The Labute approximate surface area is 112 Å². The van der Waals surface area contributed by atoms with Gasteiger partial charge in [0.05, 0.1) is 12.2 Å². The van der Waals surface area contributed by atoms with Crippen LogP contribution in [0.1, 0.15) is 40.5 Å². The van der Waals surface area contributed by atoms with Gasteiger partial charge in [-0.3, -0.25) is 4.90 Å². The van der Waals surface area contributed by atoms with Crippen LogP contribution in [0.3, 0.4) is 0 Å².